The lowest BCUT2D eigenvalue weighted by Gasteiger charge is -2.31. The highest BCUT2D eigenvalue weighted by Gasteiger charge is 2.29. The molecule has 1 unspecified atom stereocenters. The van der Waals surface area contributed by atoms with Crippen molar-refractivity contribution in [2.75, 3.05) is 13.1 Å². The van der Waals surface area contributed by atoms with Crippen molar-refractivity contribution in [3.05, 3.63) is 52.0 Å². The largest absolute Gasteiger partial charge is 0.420 e. The summed E-state index contributed by atoms with van der Waals surface area (Å²) in [6.07, 6.45) is 1.87. The molecule has 0 N–H and O–H groups in total. The minimum atomic E-state index is 0.0487. The van der Waals surface area contributed by atoms with Crippen LogP contribution in [-0.4, -0.2) is 39.1 Å². The van der Waals surface area contributed by atoms with Crippen LogP contribution in [0, 0.1) is 0 Å². The average Bonchev–Trinajstić information content (AvgIpc) is 3.47. The van der Waals surface area contributed by atoms with Crippen LogP contribution in [0.1, 0.15) is 35.0 Å². The minimum Gasteiger partial charge on any atom is -0.420 e. The van der Waals surface area contributed by atoms with Gasteiger partial charge in [0, 0.05) is 29.6 Å². The number of piperidine rings is 1. The van der Waals surface area contributed by atoms with Crippen LogP contribution >= 0.6 is 22.7 Å². The first-order chi connectivity index (χ1) is 13.3. The van der Waals surface area contributed by atoms with Crippen molar-refractivity contribution in [1.82, 2.24) is 20.1 Å². The van der Waals surface area contributed by atoms with Gasteiger partial charge in [0.05, 0.1) is 21.6 Å². The molecule has 4 aromatic rings. The number of nitrogens with zero attached hydrogens (tertiary/aromatic N) is 4. The van der Waals surface area contributed by atoms with Crippen molar-refractivity contribution < 1.29 is 9.21 Å². The summed E-state index contributed by atoms with van der Waals surface area (Å²) in [6.45, 7) is 1.35. The molecule has 8 heteroatoms. The minimum absolute atomic E-state index is 0.0487. The predicted octanol–water partition coefficient (Wildman–Crippen LogP) is 4.43. The van der Waals surface area contributed by atoms with Gasteiger partial charge < -0.3 is 9.32 Å². The second-order valence-corrected chi connectivity index (χ2v) is 8.25. The van der Waals surface area contributed by atoms with Crippen molar-refractivity contribution in [3.8, 4) is 11.5 Å². The van der Waals surface area contributed by atoms with Crippen LogP contribution in [0.15, 0.2) is 45.0 Å². The van der Waals surface area contributed by atoms with Crippen LogP contribution in [0.2, 0.25) is 0 Å². The Bertz CT molecular complexity index is 1090. The van der Waals surface area contributed by atoms with E-state index in [2.05, 4.69) is 15.2 Å². The first kappa shape index (κ1) is 16.6. The van der Waals surface area contributed by atoms with Gasteiger partial charge >= 0.3 is 0 Å². The van der Waals surface area contributed by atoms with Crippen molar-refractivity contribution in [3.63, 3.8) is 0 Å². The number of hydrogen-bond donors (Lipinski definition) is 0. The second kappa shape index (κ2) is 6.86. The monoisotopic (exact) mass is 396 g/mol. The molecule has 0 radical (unpaired) electrons. The van der Waals surface area contributed by atoms with Crippen molar-refractivity contribution in [1.29, 1.82) is 0 Å². The molecule has 1 saturated heterocycles. The van der Waals surface area contributed by atoms with Gasteiger partial charge in [-0.15, -0.1) is 21.5 Å². The summed E-state index contributed by atoms with van der Waals surface area (Å²) in [6, 6.07) is 7.66. The number of likely N-dealkylation sites (tertiary alicyclic amines) is 1. The molecule has 0 bridgehead atoms. The number of aromatic nitrogens is 3. The molecule has 6 nitrogen and oxygen atoms in total. The number of benzene rings is 1. The molecular formula is C19H16N4O2S2. The normalized spacial score (nSPS) is 17.5. The number of thiazole rings is 1. The summed E-state index contributed by atoms with van der Waals surface area (Å²) in [4.78, 5) is 19.1. The quantitative estimate of drug-likeness (QED) is 0.512. The molecular weight excluding hydrogens is 380 g/mol. The third-order valence-corrected chi connectivity index (χ3v) is 6.32. The Morgan fingerprint density at radius 3 is 3.11 bits per heavy atom. The highest BCUT2D eigenvalue weighted by molar-refractivity contribution is 7.16. The molecule has 1 aromatic carbocycles. The molecule has 1 atom stereocenters. The van der Waals surface area contributed by atoms with Gasteiger partial charge in [-0.05, 0) is 42.5 Å². The van der Waals surface area contributed by atoms with Crippen LogP contribution in [-0.2, 0) is 0 Å². The standard InChI is InChI=1S/C19H16N4O2S2/c24-19(12-3-4-15-16(8-12)27-11-20-15)23-6-1-2-13(9-23)17-21-22-18(25-17)14-5-7-26-10-14/h3-5,7-8,10-11,13H,1-2,6,9H2. The predicted molar refractivity (Wildman–Crippen MR) is 105 cm³/mol. The Balaban J connectivity index is 1.35. The van der Waals surface area contributed by atoms with E-state index in [-0.39, 0.29) is 11.8 Å². The maximum absolute atomic E-state index is 13.0. The van der Waals surface area contributed by atoms with Crippen LogP contribution in [0.25, 0.3) is 21.7 Å². The lowest BCUT2D eigenvalue weighted by Crippen LogP contribution is -2.39. The number of carbonyl (C=O) groups excluding carboxylic acids is 1. The lowest BCUT2D eigenvalue weighted by atomic mass is 9.97. The van der Waals surface area contributed by atoms with Gasteiger partial charge in [-0.1, -0.05) is 0 Å². The number of thiophene rings is 1. The maximum atomic E-state index is 13.0. The van der Waals surface area contributed by atoms with Crippen molar-refractivity contribution in [2.24, 2.45) is 0 Å². The summed E-state index contributed by atoms with van der Waals surface area (Å²) in [5, 5.41) is 12.4. The number of carbonyl (C=O) groups is 1. The van der Waals surface area contributed by atoms with E-state index in [0.717, 1.165) is 35.2 Å². The molecule has 4 heterocycles. The Morgan fingerprint density at radius 2 is 2.22 bits per heavy atom. The van der Waals surface area contributed by atoms with Crippen LogP contribution in [0.5, 0.6) is 0 Å². The molecule has 1 fully saturated rings. The summed E-state index contributed by atoms with van der Waals surface area (Å²) in [7, 11) is 0. The van der Waals surface area contributed by atoms with E-state index in [0.29, 0.717) is 23.9 Å². The Kier molecular flexibility index (Phi) is 4.21. The highest BCUT2D eigenvalue weighted by atomic mass is 32.1. The van der Waals surface area contributed by atoms with E-state index in [1.54, 1.807) is 28.2 Å². The first-order valence-electron chi connectivity index (χ1n) is 8.76. The Labute approximate surface area is 163 Å². The second-order valence-electron chi connectivity index (χ2n) is 6.58. The van der Waals surface area contributed by atoms with Gasteiger partial charge in [-0.25, -0.2) is 4.98 Å². The summed E-state index contributed by atoms with van der Waals surface area (Å²) < 4.78 is 6.92. The zero-order chi connectivity index (χ0) is 18.2. The number of rotatable bonds is 3. The topological polar surface area (TPSA) is 72.1 Å². The summed E-state index contributed by atoms with van der Waals surface area (Å²) in [5.41, 5.74) is 4.38. The van der Waals surface area contributed by atoms with Gasteiger partial charge in [0.1, 0.15) is 0 Å². The third kappa shape index (κ3) is 3.15. The molecule has 0 aliphatic carbocycles. The zero-order valence-corrected chi connectivity index (χ0v) is 16.0. The van der Waals surface area contributed by atoms with E-state index >= 15 is 0 Å². The highest BCUT2D eigenvalue weighted by Crippen LogP contribution is 2.30. The molecule has 5 rings (SSSR count). The maximum Gasteiger partial charge on any atom is 0.253 e. The van der Waals surface area contributed by atoms with E-state index in [1.807, 2.05) is 39.9 Å². The smallest absolute Gasteiger partial charge is 0.253 e. The molecule has 27 heavy (non-hydrogen) atoms. The Morgan fingerprint density at radius 1 is 1.26 bits per heavy atom. The first-order valence-corrected chi connectivity index (χ1v) is 10.6. The molecule has 136 valence electrons. The van der Waals surface area contributed by atoms with Crippen LogP contribution in [0.4, 0.5) is 0 Å². The van der Waals surface area contributed by atoms with Crippen LogP contribution in [0.3, 0.4) is 0 Å². The molecule has 0 spiro atoms. The SMILES string of the molecule is O=C(c1ccc2ncsc2c1)N1CCCC(c2nnc(-c3ccsc3)o2)C1. The lowest BCUT2D eigenvalue weighted by molar-refractivity contribution is 0.0698. The van der Waals surface area contributed by atoms with E-state index in [1.165, 1.54) is 0 Å². The van der Waals surface area contributed by atoms with Gasteiger partial charge in [0.25, 0.3) is 5.91 Å². The average molecular weight is 396 g/mol. The fourth-order valence-corrected chi connectivity index (χ4v) is 4.78. The van der Waals surface area contributed by atoms with Gasteiger partial charge in [0.2, 0.25) is 11.8 Å². The molecule has 3 aromatic heterocycles. The fraction of sp³-hybridized carbons (Fsp3) is 0.263. The van der Waals surface area contributed by atoms with Gasteiger partial charge in [-0.3, -0.25) is 4.79 Å². The van der Waals surface area contributed by atoms with E-state index in [4.69, 9.17) is 4.42 Å². The molecule has 1 aliphatic heterocycles. The van der Waals surface area contributed by atoms with E-state index < -0.39 is 0 Å². The number of hydrogen-bond acceptors (Lipinski definition) is 7. The van der Waals surface area contributed by atoms with Crippen molar-refractivity contribution in [2.45, 2.75) is 18.8 Å². The Hall–Kier alpha value is -2.58. The summed E-state index contributed by atoms with van der Waals surface area (Å²) >= 11 is 3.15. The number of amides is 1. The molecule has 1 aliphatic rings. The van der Waals surface area contributed by atoms with Gasteiger partial charge in [-0.2, -0.15) is 11.3 Å². The molecule has 1 amide bonds. The summed E-state index contributed by atoms with van der Waals surface area (Å²) in [5.74, 6) is 1.29. The third-order valence-electron chi connectivity index (χ3n) is 4.84. The molecule has 0 saturated carbocycles. The van der Waals surface area contributed by atoms with Crippen LogP contribution < -0.4 is 0 Å². The fourth-order valence-electron chi connectivity index (χ4n) is 3.44. The van der Waals surface area contributed by atoms with Gasteiger partial charge in [0.15, 0.2) is 0 Å². The van der Waals surface area contributed by atoms with E-state index in [9.17, 15) is 4.79 Å². The zero-order valence-electron chi connectivity index (χ0n) is 14.4. The number of fused-ring (bicyclic) bond motifs is 1. The van der Waals surface area contributed by atoms with Crippen molar-refractivity contribution >= 4 is 38.8 Å².